The van der Waals surface area contributed by atoms with Gasteiger partial charge < -0.3 is 19.0 Å². The summed E-state index contributed by atoms with van der Waals surface area (Å²) in [5.74, 6) is -0.0763. The molecule has 0 unspecified atom stereocenters. The van der Waals surface area contributed by atoms with Crippen molar-refractivity contribution < 1.29 is 28.2 Å². The maximum atomic E-state index is 15.6. The zero-order valence-corrected chi connectivity index (χ0v) is 21.8. The van der Waals surface area contributed by atoms with Gasteiger partial charge in [0.05, 0.1) is 17.9 Å². The lowest BCUT2D eigenvalue weighted by Gasteiger charge is -2.49. The maximum absolute atomic E-state index is 15.6. The molecular weight excluding hydrogens is 495 g/mol. The molecule has 5 rings (SSSR count). The van der Waals surface area contributed by atoms with Crippen LogP contribution in [0.4, 0.5) is 9.18 Å². The number of hydrogen-bond donors (Lipinski definition) is 1. The van der Waals surface area contributed by atoms with Crippen LogP contribution in [-0.4, -0.2) is 60.8 Å². The molecule has 4 atom stereocenters. The molecule has 2 bridgehead atoms. The Morgan fingerprint density at radius 3 is 2.61 bits per heavy atom. The number of carbonyl (C=O) groups is 1. The monoisotopic (exact) mass is 526 g/mol. The van der Waals surface area contributed by atoms with Gasteiger partial charge in [-0.3, -0.25) is 9.47 Å². The number of rotatable bonds is 4. The summed E-state index contributed by atoms with van der Waals surface area (Å²) in [5, 5.41) is 18.8. The van der Waals surface area contributed by atoms with Gasteiger partial charge in [0.25, 0.3) is 0 Å². The van der Waals surface area contributed by atoms with Crippen LogP contribution in [0.1, 0.15) is 46.5 Å². The van der Waals surface area contributed by atoms with Gasteiger partial charge >= 0.3 is 11.8 Å². The fourth-order valence-corrected chi connectivity index (χ4v) is 5.15. The van der Waals surface area contributed by atoms with Gasteiger partial charge in [-0.1, -0.05) is 6.07 Å². The molecule has 1 N–H and O–H groups in total. The smallest absolute Gasteiger partial charge is 0.419 e. The van der Waals surface area contributed by atoms with E-state index in [0.717, 1.165) is 12.8 Å². The van der Waals surface area contributed by atoms with E-state index in [0.29, 0.717) is 35.4 Å². The fourth-order valence-electron chi connectivity index (χ4n) is 5.15. The number of hydrogen-bond acceptors (Lipinski definition) is 8. The summed E-state index contributed by atoms with van der Waals surface area (Å²) in [6.07, 6.45) is 1.36. The molecule has 11 heteroatoms. The Kier molecular flexibility index (Phi) is 6.62. The number of phenolic OH excluding ortho intramolecular Hbond substituents is 1. The first kappa shape index (κ1) is 25.7. The number of aromatic hydroxyl groups is 1. The number of oxazole rings is 1. The van der Waals surface area contributed by atoms with Crippen LogP contribution >= 0.6 is 0 Å². The van der Waals surface area contributed by atoms with Crippen LogP contribution in [-0.2, 0) is 11.8 Å². The zero-order valence-electron chi connectivity index (χ0n) is 21.8. The predicted molar refractivity (Wildman–Crippen MR) is 136 cm³/mol. The minimum absolute atomic E-state index is 0.0665. The van der Waals surface area contributed by atoms with Gasteiger partial charge in [0.15, 0.2) is 11.9 Å². The van der Waals surface area contributed by atoms with E-state index >= 15 is 4.39 Å². The first-order valence-corrected chi connectivity index (χ1v) is 12.7. The molecule has 2 aliphatic rings. The minimum Gasteiger partial charge on any atom is -0.507 e. The highest BCUT2D eigenvalue weighted by Crippen LogP contribution is 2.38. The molecule has 0 spiro atoms. The third-order valence-electron chi connectivity index (χ3n) is 6.89. The van der Waals surface area contributed by atoms with Gasteiger partial charge in [-0.2, -0.15) is 0 Å². The van der Waals surface area contributed by atoms with Crippen molar-refractivity contribution in [2.75, 3.05) is 0 Å². The van der Waals surface area contributed by atoms with Crippen molar-refractivity contribution in [1.29, 1.82) is 0 Å². The molecule has 10 nitrogen and oxygen atoms in total. The number of benzene rings is 1. The Morgan fingerprint density at radius 1 is 1.18 bits per heavy atom. The molecule has 4 heterocycles. The highest BCUT2D eigenvalue weighted by Gasteiger charge is 2.49. The Balaban J connectivity index is 1.28. The molecule has 0 saturated carbocycles. The van der Waals surface area contributed by atoms with Crippen LogP contribution in [0.25, 0.3) is 22.6 Å². The van der Waals surface area contributed by atoms with E-state index < -0.39 is 35.8 Å². The molecule has 1 aromatic carbocycles. The quantitative estimate of drug-likeness (QED) is 0.529. The Morgan fingerprint density at radius 2 is 1.97 bits per heavy atom. The van der Waals surface area contributed by atoms with Gasteiger partial charge in [0.1, 0.15) is 17.5 Å². The van der Waals surface area contributed by atoms with Crippen molar-refractivity contribution in [2.45, 2.75) is 76.4 Å². The van der Waals surface area contributed by atoms with Gasteiger partial charge in [0, 0.05) is 36.7 Å². The average Bonchev–Trinajstić information content (AvgIpc) is 3.19. The SMILES string of the molecule is Cn1cc(-c2ccc(-c3ccc(O[C@@H]4C[C@H]5CCC[C@@H]([C@@H]4F)N5C(=O)OC(C)(C)C)nn3)c(O)c2)oc1=O. The molecule has 0 radical (unpaired) electrons. The van der Waals surface area contributed by atoms with E-state index in [-0.39, 0.29) is 17.7 Å². The average molecular weight is 527 g/mol. The molecule has 2 saturated heterocycles. The van der Waals surface area contributed by atoms with Gasteiger partial charge in [-0.15, -0.1) is 10.2 Å². The first-order valence-electron chi connectivity index (χ1n) is 12.7. The fraction of sp³-hybridized carbons (Fsp3) is 0.481. The largest absolute Gasteiger partial charge is 0.507 e. The molecular formula is C27H31FN4O6. The Labute approximate surface area is 219 Å². The normalized spacial score (nSPS) is 23.2. The number of nitrogens with zero attached hydrogens (tertiary/aromatic N) is 4. The van der Waals surface area contributed by atoms with Crippen LogP contribution in [0.3, 0.4) is 0 Å². The Bertz CT molecular complexity index is 1380. The van der Waals surface area contributed by atoms with Crippen LogP contribution < -0.4 is 10.5 Å². The number of halogens is 1. The highest BCUT2D eigenvalue weighted by molar-refractivity contribution is 5.72. The highest BCUT2D eigenvalue weighted by atomic mass is 19.1. The summed E-state index contributed by atoms with van der Waals surface area (Å²) in [5.41, 5.74) is 0.696. The lowest BCUT2D eigenvalue weighted by atomic mass is 9.82. The molecule has 1 amide bonds. The van der Waals surface area contributed by atoms with E-state index in [1.54, 1.807) is 57.0 Å². The number of aryl methyl sites for hydroxylation is 1. The van der Waals surface area contributed by atoms with E-state index in [1.807, 2.05) is 0 Å². The summed E-state index contributed by atoms with van der Waals surface area (Å²) < 4.78 is 33.5. The number of ether oxygens (including phenoxy) is 2. The maximum Gasteiger partial charge on any atom is 0.419 e. The number of aromatic nitrogens is 3. The third-order valence-corrected chi connectivity index (χ3v) is 6.89. The van der Waals surface area contributed by atoms with Gasteiger partial charge in [-0.25, -0.2) is 14.0 Å². The number of amides is 1. The number of carbonyl (C=O) groups excluding carboxylic acids is 1. The lowest BCUT2D eigenvalue weighted by molar-refractivity contribution is -0.0802. The summed E-state index contributed by atoms with van der Waals surface area (Å²) in [6.45, 7) is 5.38. The minimum atomic E-state index is -1.39. The molecule has 2 fully saturated rings. The van der Waals surface area contributed by atoms with E-state index in [9.17, 15) is 14.7 Å². The zero-order chi connectivity index (χ0) is 27.2. The lowest BCUT2D eigenvalue weighted by Crippen LogP contribution is -2.63. The predicted octanol–water partition coefficient (Wildman–Crippen LogP) is 4.46. The van der Waals surface area contributed by atoms with Gasteiger partial charge in [0.2, 0.25) is 5.88 Å². The molecule has 2 aliphatic heterocycles. The first-order chi connectivity index (χ1) is 18.0. The summed E-state index contributed by atoms with van der Waals surface area (Å²) in [7, 11) is 1.57. The van der Waals surface area contributed by atoms with Crippen molar-refractivity contribution in [2.24, 2.45) is 7.05 Å². The van der Waals surface area contributed by atoms with Crippen LogP contribution in [0.15, 0.2) is 45.7 Å². The topological polar surface area (TPSA) is 120 Å². The van der Waals surface area contributed by atoms with Crippen LogP contribution in [0.5, 0.6) is 11.6 Å². The van der Waals surface area contributed by atoms with Crippen molar-refractivity contribution in [1.82, 2.24) is 19.7 Å². The third kappa shape index (κ3) is 5.09. The molecule has 202 valence electrons. The second-order valence-electron chi connectivity index (χ2n) is 10.8. The van der Waals surface area contributed by atoms with Crippen LogP contribution in [0.2, 0.25) is 0 Å². The van der Waals surface area contributed by atoms with E-state index in [4.69, 9.17) is 13.9 Å². The number of alkyl halides is 1. The number of piperidine rings is 2. The molecule has 3 aromatic rings. The second-order valence-corrected chi connectivity index (χ2v) is 10.8. The molecule has 38 heavy (non-hydrogen) atoms. The van der Waals surface area contributed by atoms with Crippen molar-refractivity contribution in [3.63, 3.8) is 0 Å². The summed E-state index contributed by atoms with van der Waals surface area (Å²) >= 11 is 0. The van der Waals surface area contributed by atoms with Crippen molar-refractivity contribution in [3.05, 3.63) is 47.1 Å². The van der Waals surface area contributed by atoms with Gasteiger partial charge in [-0.05, 0) is 58.2 Å². The standard InChI is InChI=1S/C27H31FN4O6/c1-27(2,3)38-26(35)32-16-6-5-7-19(32)24(28)21(13-16)36-23-11-10-18(29-30-23)17-9-8-15(12-20(17)33)22-14-31(4)25(34)37-22/h8-12,14,16,19,21,24,33H,5-7,13H2,1-4H3/t16-,19+,21-,24+/m1/s1. The van der Waals surface area contributed by atoms with Crippen molar-refractivity contribution >= 4 is 6.09 Å². The summed E-state index contributed by atoms with van der Waals surface area (Å²) in [4.78, 5) is 25.9. The number of phenols is 1. The van der Waals surface area contributed by atoms with E-state index in [1.165, 1.54) is 16.8 Å². The van der Waals surface area contributed by atoms with Crippen molar-refractivity contribution in [3.8, 4) is 34.2 Å². The molecule has 0 aliphatic carbocycles. The number of fused-ring (bicyclic) bond motifs is 2. The van der Waals surface area contributed by atoms with Crippen LogP contribution in [0, 0.1) is 0 Å². The summed E-state index contributed by atoms with van der Waals surface area (Å²) in [6, 6.07) is 7.25. The Hall–Kier alpha value is -3.89. The molecule has 2 aromatic heterocycles. The second kappa shape index (κ2) is 9.77. The van der Waals surface area contributed by atoms with E-state index in [2.05, 4.69) is 10.2 Å².